The molecule has 3 aromatic carbocycles. The molecule has 0 heterocycles. The summed E-state index contributed by atoms with van der Waals surface area (Å²) in [6.45, 7) is 2.01. The Hall–Kier alpha value is -1.86. The van der Waals surface area contributed by atoms with Gasteiger partial charge in [-0.15, -0.1) is 0 Å². The molecule has 0 radical (unpaired) electrons. The zero-order valence-electron chi connectivity index (χ0n) is 10.4. The van der Waals surface area contributed by atoms with E-state index in [1.807, 2.05) is 19.1 Å². The van der Waals surface area contributed by atoms with Gasteiger partial charge in [-0.2, -0.15) is 0 Å². The molecule has 0 saturated heterocycles. The Bertz CT molecular complexity index is 700. The molecule has 90 valence electrons. The molecule has 1 N–H and O–H groups in total. The fraction of sp³-hybridized carbons (Fsp3) is 0.176. The van der Waals surface area contributed by atoms with E-state index in [1.165, 1.54) is 16.2 Å². The first-order valence-corrected chi connectivity index (χ1v) is 6.39. The van der Waals surface area contributed by atoms with Crippen LogP contribution in [0.25, 0.3) is 21.5 Å². The minimum atomic E-state index is -0.389. The van der Waals surface area contributed by atoms with Crippen LogP contribution in [0.3, 0.4) is 0 Å². The van der Waals surface area contributed by atoms with Crippen LogP contribution in [-0.4, -0.2) is 5.11 Å². The summed E-state index contributed by atoms with van der Waals surface area (Å²) in [5.41, 5.74) is 1.03. The summed E-state index contributed by atoms with van der Waals surface area (Å²) in [5.74, 6) is 0. The van der Waals surface area contributed by atoms with Crippen molar-refractivity contribution in [3.63, 3.8) is 0 Å². The molecule has 0 spiro atoms. The van der Waals surface area contributed by atoms with Gasteiger partial charge in [-0.25, -0.2) is 0 Å². The van der Waals surface area contributed by atoms with Crippen molar-refractivity contribution in [1.29, 1.82) is 0 Å². The summed E-state index contributed by atoms with van der Waals surface area (Å²) in [7, 11) is 0. The Morgan fingerprint density at radius 1 is 0.889 bits per heavy atom. The van der Waals surface area contributed by atoms with E-state index < -0.39 is 0 Å². The lowest BCUT2D eigenvalue weighted by molar-refractivity contribution is 0.175. The summed E-state index contributed by atoms with van der Waals surface area (Å²) in [4.78, 5) is 0. The first-order valence-electron chi connectivity index (χ1n) is 6.39. The molecule has 3 rings (SSSR count). The average Bonchev–Trinajstić information content (AvgIpc) is 2.45. The minimum absolute atomic E-state index is 0.389. The van der Waals surface area contributed by atoms with Crippen molar-refractivity contribution in [3.8, 4) is 0 Å². The van der Waals surface area contributed by atoms with Crippen LogP contribution in [-0.2, 0) is 0 Å². The molecule has 3 aromatic rings. The maximum Gasteiger partial charge on any atom is 0.0793 e. The number of fused-ring (bicyclic) bond motifs is 3. The quantitative estimate of drug-likeness (QED) is 0.652. The number of hydrogen-bond acceptors (Lipinski definition) is 1. The summed E-state index contributed by atoms with van der Waals surface area (Å²) in [6.07, 6.45) is 0.349. The van der Waals surface area contributed by atoms with Crippen molar-refractivity contribution in [2.75, 3.05) is 0 Å². The highest BCUT2D eigenvalue weighted by atomic mass is 16.3. The molecule has 0 amide bonds. The zero-order valence-corrected chi connectivity index (χ0v) is 10.4. The topological polar surface area (TPSA) is 20.2 Å². The van der Waals surface area contributed by atoms with Crippen molar-refractivity contribution >= 4 is 21.5 Å². The van der Waals surface area contributed by atoms with Crippen LogP contribution < -0.4 is 0 Å². The lowest BCUT2D eigenvalue weighted by atomic mass is 9.94. The summed E-state index contributed by atoms with van der Waals surface area (Å²) in [5, 5.41) is 15.0. The van der Waals surface area contributed by atoms with Crippen LogP contribution in [0.2, 0.25) is 0 Å². The molecule has 0 aliphatic carbocycles. The highest BCUT2D eigenvalue weighted by Crippen LogP contribution is 2.32. The molecule has 1 heteroatoms. The molecule has 18 heavy (non-hydrogen) atoms. The first kappa shape index (κ1) is 11.2. The predicted octanol–water partition coefficient (Wildman–Crippen LogP) is 4.44. The molecular formula is C17H16O. The van der Waals surface area contributed by atoms with Crippen molar-refractivity contribution in [3.05, 3.63) is 60.2 Å². The van der Waals surface area contributed by atoms with Gasteiger partial charge < -0.3 is 5.11 Å². The Morgan fingerprint density at radius 2 is 1.50 bits per heavy atom. The van der Waals surface area contributed by atoms with E-state index in [0.717, 1.165) is 17.4 Å². The number of aliphatic hydroxyl groups is 1. The summed E-state index contributed by atoms with van der Waals surface area (Å²) >= 11 is 0. The smallest absolute Gasteiger partial charge is 0.0793 e. The van der Waals surface area contributed by atoms with Crippen molar-refractivity contribution in [2.24, 2.45) is 0 Å². The molecule has 0 fully saturated rings. The number of hydrogen-bond donors (Lipinski definition) is 1. The molecule has 0 saturated carbocycles. The van der Waals surface area contributed by atoms with Gasteiger partial charge >= 0.3 is 0 Å². The molecule has 1 nitrogen and oxygen atoms in total. The van der Waals surface area contributed by atoms with Crippen molar-refractivity contribution < 1.29 is 5.11 Å². The van der Waals surface area contributed by atoms with E-state index in [1.54, 1.807) is 0 Å². The van der Waals surface area contributed by atoms with Gasteiger partial charge in [-0.1, -0.05) is 55.5 Å². The number of benzene rings is 3. The standard InChI is InChI=1S/C17H16O/c1-2-17(18)16-11-12-7-3-4-8-13(12)14-9-5-6-10-15(14)16/h3-11,17-18H,2H2,1H3. The maximum atomic E-state index is 10.2. The lowest BCUT2D eigenvalue weighted by Crippen LogP contribution is -1.96. The SMILES string of the molecule is CCC(O)c1cc2ccccc2c2ccccc12. The van der Waals surface area contributed by atoms with Gasteiger partial charge in [0, 0.05) is 0 Å². The normalized spacial score (nSPS) is 13.0. The van der Waals surface area contributed by atoms with Crippen molar-refractivity contribution in [2.45, 2.75) is 19.4 Å². The molecule has 0 bridgehead atoms. The third-order valence-electron chi connectivity index (χ3n) is 3.55. The van der Waals surface area contributed by atoms with Crippen LogP contribution in [0.4, 0.5) is 0 Å². The zero-order chi connectivity index (χ0) is 12.5. The van der Waals surface area contributed by atoms with Gasteiger partial charge in [0.15, 0.2) is 0 Å². The Labute approximate surface area is 107 Å². The second-order valence-corrected chi connectivity index (χ2v) is 4.66. The second kappa shape index (κ2) is 4.43. The largest absolute Gasteiger partial charge is 0.388 e. The highest BCUT2D eigenvalue weighted by Gasteiger charge is 2.11. The van der Waals surface area contributed by atoms with Gasteiger partial charge in [-0.05, 0) is 39.6 Å². The van der Waals surface area contributed by atoms with E-state index in [9.17, 15) is 5.11 Å². The third-order valence-corrected chi connectivity index (χ3v) is 3.55. The molecular weight excluding hydrogens is 220 g/mol. The fourth-order valence-electron chi connectivity index (χ4n) is 2.58. The van der Waals surface area contributed by atoms with Crippen LogP contribution in [0.1, 0.15) is 25.0 Å². The van der Waals surface area contributed by atoms with E-state index in [-0.39, 0.29) is 6.10 Å². The Morgan fingerprint density at radius 3 is 2.22 bits per heavy atom. The van der Waals surface area contributed by atoms with Gasteiger partial charge in [0.05, 0.1) is 6.10 Å². The lowest BCUT2D eigenvalue weighted by Gasteiger charge is -2.14. The highest BCUT2D eigenvalue weighted by molar-refractivity contribution is 6.09. The number of rotatable bonds is 2. The molecule has 0 aromatic heterocycles. The Balaban J connectivity index is 2.46. The second-order valence-electron chi connectivity index (χ2n) is 4.66. The predicted molar refractivity (Wildman–Crippen MR) is 76.7 cm³/mol. The van der Waals surface area contributed by atoms with Crippen LogP contribution >= 0.6 is 0 Å². The van der Waals surface area contributed by atoms with Gasteiger partial charge in [-0.3, -0.25) is 0 Å². The first-order chi connectivity index (χ1) is 8.81. The van der Waals surface area contributed by atoms with Crippen LogP contribution in [0.15, 0.2) is 54.6 Å². The molecule has 0 aliphatic rings. The van der Waals surface area contributed by atoms with E-state index in [0.29, 0.717) is 0 Å². The van der Waals surface area contributed by atoms with Gasteiger partial charge in [0.1, 0.15) is 0 Å². The maximum absolute atomic E-state index is 10.2. The van der Waals surface area contributed by atoms with E-state index in [4.69, 9.17) is 0 Å². The molecule has 1 atom stereocenters. The number of aliphatic hydroxyl groups excluding tert-OH is 1. The van der Waals surface area contributed by atoms with Crippen LogP contribution in [0.5, 0.6) is 0 Å². The fourth-order valence-corrected chi connectivity index (χ4v) is 2.58. The summed E-state index contributed by atoms with van der Waals surface area (Å²) in [6, 6.07) is 18.8. The van der Waals surface area contributed by atoms with Gasteiger partial charge in [0.25, 0.3) is 0 Å². The van der Waals surface area contributed by atoms with Crippen LogP contribution in [0, 0.1) is 0 Å². The van der Waals surface area contributed by atoms with Crippen molar-refractivity contribution in [1.82, 2.24) is 0 Å². The third kappa shape index (κ3) is 1.68. The van der Waals surface area contributed by atoms with E-state index in [2.05, 4.69) is 42.5 Å². The summed E-state index contributed by atoms with van der Waals surface area (Å²) < 4.78 is 0. The Kier molecular flexibility index (Phi) is 2.77. The molecule has 0 aliphatic heterocycles. The molecule has 1 unspecified atom stereocenters. The van der Waals surface area contributed by atoms with Gasteiger partial charge in [0.2, 0.25) is 0 Å². The average molecular weight is 236 g/mol. The minimum Gasteiger partial charge on any atom is -0.388 e. The van der Waals surface area contributed by atoms with E-state index >= 15 is 0 Å². The monoisotopic (exact) mass is 236 g/mol.